The van der Waals surface area contributed by atoms with E-state index in [1.54, 1.807) is 4.68 Å². The van der Waals surface area contributed by atoms with Crippen molar-refractivity contribution < 1.29 is 5.11 Å². The van der Waals surface area contributed by atoms with E-state index in [9.17, 15) is 9.90 Å². The minimum absolute atomic E-state index is 0.0507. The van der Waals surface area contributed by atoms with Crippen LogP contribution in [-0.4, -0.2) is 43.7 Å². The van der Waals surface area contributed by atoms with Crippen LogP contribution in [-0.2, 0) is 19.6 Å². The zero-order chi connectivity index (χ0) is 22.1. The highest BCUT2D eigenvalue weighted by molar-refractivity contribution is 5.88. The van der Waals surface area contributed by atoms with Gasteiger partial charge in [0.15, 0.2) is 0 Å². The number of aliphatic hydroxyl groups is 1. The van der Waals surface area contributed by atoms with Crippen molar-refractivity contribution in [3.8, 4) is 0 Å². The van der Waals surface area contributed by atoms with Crippen LogP contribution in [0.5, 0.6) is 0 Å². The molecule has 2 aromatic carbocycles. The number of aromatic nitrogens is 5. The van der Waals surface area contributed by atoms with E-state index in [0.717, 1.165) is 28.8 Å². The van der Waals surface area contributed by atoms with Gasteiger partial charge in [0.05, 0.1) is 30.1 Å². The summed E-state index contributed by atoms with van der Waals surface area (Å²) in [4.78, 5) is 17.1. The van der Waals surface area contributed by atoms with Crippen molar-refractivity contribution in [2.45, 2.75) is 31.6 Å². The van der Waals surface area contributed by atoms with E-state index in [1.165, 1.54) is 11.9 Å². The van der Waals surface area contributed by atoms with E-state index < -0.39 is 0 Å². The highest BCUT2D eigenvalue weighted by Gasteiger charge is 2.36. The summed E-state index contributed by atoms with van der Waals surface area (Å²) in [7, 11) is 1.93. The monoisotopic (exact) mass is 431 g/mol. The van der Waals surface area contributed by atoms with Crippen molar-refractivity contribution in [3.05, 3.63) is 87.4 Å². The topological polar surface area (TPSA) is 121 Å². The SMILES string of the molecule is CNCc1ccc(C2NCc3cccc4c(=O)[nH]nc(c34)C2c2ncnn2CCO)cc1. The Kier molecular flexibility index (Phi) is 5.52. The summed E-state index contributed by atoms with van der Waals surface area (Å²) >= 11 is 0. The first-order valence-corrected chi connectivity index (χ1v) is 10.7. The van der Waals surface area contributed by atoms with E-state index in [0.29, 0.717) is 24.3 Å². The fourth-order valence-corrected chi connectivity index (χ4v) is 4.60. The lowest BCUT2D eigenvalue weighted by Gasteiger charge is -2.26. The van der Waals surface area contributed by atoms with Crippen molar-refractivity contribution >= 4 is 10.8 Å². The van der Waals surface area contributed by atoms with E-state index in [-0.39, 0.29) is 24.1 Å². The summed E-state index contributed by atoms with van der Waals surface area (Å²) in [5, 5.41) is 29.4. The molecule has 3 heterocycles. The first-order valence-electron chi connectivity index (χ1n) is 10.7. The molecule has 32 heavy (non-hydrogen) atoms. The van der Waals surface area contributed by atoms with Gasteiger partial charge in [-0.2, -0.15) is 10.2 Å². The molecule has 0 radical (unpaired) electrons. The van der Waals surface area contributed by atoms with Crippen LogP contribution in [0.4, 0.5) is 0 Å². The van der Waals surface area contributed by atoms with Crippen LogP contribution in [0.1, 0.15) is 40.2 Å². The van der Waals surface area contributed by atoms with Gasteiger partial charge in [-0.25, -0.2) is 14.8 Å². The highest BCUT2D eigenvalue weighted by atomic mass is 16.3. The Balaban J connectivity index is 1.72. The highest BCUT2D eigenvalue weighted by Crippen LogP contribution is 2.40. The van der Waals surface area contributed by atoms with Crippen LogP contribution in [0.25, 0.3) is 10.8 Å². The van der Waals surface area contributed by atoms with Crippen molar-refractivity contribution in [1.82, 2.24) is 35.6 Å². The quantitative estimate of drug-likeness (QED) is 0.362. The van der Waals surface area contributed by atoms with Gasteiger partial charge in [-0.15, -0.1) is 0 Å². The molecule has 0 spiro atoms. The first kappa shape index (κ1) is 20.5. The van der Waals surface area contributed by atoms with Crippen LogP contribution in [0, 0.1) is 0 Å². The Morgan fingerprint density at radius 2 is 2.06 bits per heavy atom. The molecule has 2 unspecified atom stereocenters. The molecule has 1 aliphatic rings. The Morgan fingerprint density at radius 3 is 2.84 bits per heavy atom. The standard InChI is InChI=1S/C23H25N7O2/c1-24-11-14-5-7-15(8-6-14)20-19(22-26-13-27-30(22)9-10-31)21-18-16(12-25-20)3-2-4-17(18)23(32)29-28-21/h2-8,13,19-20,24-25,31H,9-12H2,1H3,(H,29,32). The normalized spacial score (nSPS) is 18.1. The van der Waals surface area contributed by atoms with Crippen molar-refractivity contribution in [2.75, 3.05) is 13.7 Å². The minimum atomic E-state index is -0.317. The van der Waals surface area contributed by atoms with Crippen molar-refractivity contribution in [3.63, 3.8) is 0 Å². The number of benzene rings is 2. The second kappa shape index (κ2) is 8.62. The van der Waals surface area contributed by atoms with Crippen LogP contribution in [0.3, 0.4) is 0 Å². The fraction of sp³-hybridized carbons (Fsp3) is 0.304. The van der Waals surface area contributed by atoms with Gasteiger partial charge in [0.1, 0.15) is 12.2 Å². The maximum Gasteiger partial charge on any atom is 0.272 e. The molecule has 0 fully saturated rings. The molecule has 4 N–H and O–H groups in total. The van der Waals surface area contributed by atoms with Gasteiger partial charge in [0.25, 0.3) is 5.56 Å². The minimum Gasteiger partial charge on any atom is -0.394 e. The average Bonchev–Trinajstić information content (AvgIpc) is 3.19. The molecule has 0 bridgehead atoms. The first-order chi connectivity index (χ1) is 15.7. The molecular formula is C23H25N7O2. The molecule has 1 aliphatic heterocycles. The maximum absolute atomic E-state index is 12.5. The van der Waals surface area contributed by atoms with E-state index in [4.69, 9.17) is 0 Å². The third-order valence-electron chi connectivity index (χ3n) is 6.02. The number of aliphatic hydroxyl groups excluding tert-OH is 1. The zero-order valence-corrected chi connectivity index (χ0v) is 17.7. The van der Waals surface area contributed by atoms with E-state index in [1.807, 2.05) is 25.2 Å². The van der Waals surface area contributed by atoms with Crippen molar-refractivity contribution in [2.24, 2.45) is 0 Å². The van der Waals surface area contributed by atoms with Gasteiger partial charge in [-0.3, -0.25) is 4.79 Å². The molecule has 2 atom stereocenters. The number of nitrogens with zero attached hydrogens (tertiary/aromatic N) is 4. The average molecular weight is 432 g/mol. The summed E-state index contributed by atoms with van der Waals surface area (Å²) in [6.07, 6.45) is 1.50. The van der Waals surface area contributed by atoms with Gasteiger partial charge in [-0.1, -0.05) is 36.4 Å². The molecule has 0 amide bonds. The van der Waals surface area contributed by atoms with Crippen LogP contribution in [0.15, 0.2) is 53.6 Å². The summed E-state index contributed by atoms with van der Waals surface area (Å²) in [5.41, 5.74) is 3.83. The molecule has 0 saturated carbocycles. The van der Waals surface area contributed by atoms with Gasteiger partial charge < -0.3 is 15.7 Å². The Bertz CT molecular complexity index is 1300. The summed E-state index contributed by atoms with van der Waals surface area (Å²) in [5.74, 6) is 0.371. The Hall–Kier alpha value is -3.40. The van der Waals surface area contributed by atoms with Crippen LogP contribution < -0.4 is 16.2 Å². The molecule has 5 rings (SSSR count). The number of aromatic amines is 1. The van der Waals surface area contributed by atoms with Gasteiger partial charge in [0, 0.05) is 24.5 Å². The smallest absolute Gasteiger partial charge is 0.272 e. The number of rotatable bonds is 6. The van der Waals surface area contributed by atoms with Crippen molar-refractivity contribution in [1.29, 1.82) is 0 Å². The van der Waals surface area contributed by atoms with Crippen LogP contribution in [0.2, 0.25) is 0 Å². The second-order valence-corrected chi connectivity index (χ2v) is 7.95. The lowest BCUT2D eigenvalue weighted by atomic mass is 9.87. The third-order valence-corrected chi connectivity index (χ3v) is 6.02. The summed E-state index contributed by atoms with van der Waals surface area (Å²) < 4.78 is 1.71. The lowest BCUT2D eigenvalue weighted by Crippen LogP contribution is -2.29. The van der Waals surface area contributed by atoms with Gasteiger partial charge >= 0.3 is 0 Å². The van der Waals surface area contributed by atoms with E-state index in [2.05, 4.69) is 55.2 Å². The molecule has 164 valence electrons. The molecule has 0 saturated heterocycles. The third kappa shape index (κ3) is 3.50. The molecular weight excluding hydrogens is 406 g/mol. The predicted molar refractivity (Wildman–Crippen MR) is 120 cm³/mol. The Labute approximate surface area is 184 Å². The zero-order valence-electron chi connectivity index (χ0n) is 17.7. The molecule has 4 aromatic rings. The molecule has 0 aliphatic carbocycles. The molecule has 9 nitrogen and oxygen atoms in total. The second-order valence-electron chi connectivity index (χ2n) is 7.95. The summed E-state index contributed by atoms with van der Waals surface area (Å²) in [6.45, 7) is 1.65. The Morgan fingerprint density at radius 1 is 1.22 bits per heavy atom. The van der Waals surface area contributed by atoms with Gasteiger partial charge in [-0.05, 0) is 29.8 Å². The predicted octanol–water partition coefficient (Wildman–Crippen LogP) is 1.20. The maximum atomic E-state index is 12.5. The number of H-pyrrole nitrogens is 1. The number of hydrogen-bond donors (Lipinski definition) is 4. The number of nitrogens with one attached hydrogen (secondary N) is 3. The summed E-state index contributed by atoms with van der Waals surface area (Å²) in [6, 6.07) is 14.0. The van der Waals surface area contributed by atoms with E-state index >= 15 is 0 Å². The lowest BCUT2D eigenvalue weighted by molar-refractivity contribution is 0.264. The fourth-order valence-electron chi connectivity index (χ4n) is 4.60. The molecule has 9 heteroatoms. The van der Waals surface area contributed by atoms with Gasteiger partial charge in [0.2, 0.25) is 0 Å². The van der Waals surface area contributed by atoms with Crippen LogP contribution >= 0.6 is 0 Å². The number of hydrogen-bond acceptors (Lipinski definition) is 7. The largest absolute Gasteiger partial charge is 0.394 e. The molecule has 2 aromatic heterocycles.